The maximum atomic E-state index is 12.5. The number of benzene rings is 1. The Bertz CT molecular complexity index is 841. The topological polar surface area (TPSA) is 75.3 Å². The van der Waals surface area contributed by atoms with Gasteiger partial charge in [0.25, 0.3) is 5.78 Å². The molecule has 6 nitrogen and oxygen atoms in total. The maximum Gasteiger partial charge on any atom is 0.416 e. The lowest BCUT2D eigenvalue weighted by Gasteiger charge is -2.10. The Balaban J connectivity index is 0.000000552. The van der Waals surface area contributed by atoms with Crippen molar-refractivity contribution < 1.29 is 18.3 Å². The third-order valence-corrected chi connectivity index (χ3v) is 3.13. The summed E-state index contributed by atoms with van der Waals surface area (Å²) in [4.78, 5) is 8.22. The van der Waals surface area contributed by atoms with Gasteiger partial charge in [0.05, 0.1) is 5.56 Å². The zero-order valence-corrected chi connectivity index (χ0v) is 14.6. The molecule has 0 amide bonds. The summed E-state index contributed by atoms with van der Waals surface area (Å²) in [7, 11) is 0. The van der Waals surface area contributed by atoms with Gasteiger partial charge in [0.2, 0.25) is 0 Å². The van der Waals surface area contributed by atoms with E-state index < -0.39 is 11.7 Å². The maximum absolute atomic E-state index is 12.5. The van der Waals surface area contributed by atoms with Crippen molar-refractivity contribution in [2.75, 3.05) is 5.32 Å². The van der Waals surface area contributed by atoms with E-state index in [1.807, 2.05) is 6.92 Å². The van der Waals surface area contributed by atoms with Gasteiger partial charge in [-0.3, -0.25) is 0 Å². The summed E-state index contributed by atoms with van der Waals surface area (Å²) in [6, 6.07) is 6.83. The number of aliphatic hydroxyl groups is 1. The van der Waals surface area contributed by atoms with E-state index in [0.717, 1.165) is 23.4 Å². The van der Waals surface area contributed by atoms with Crippen molar-refractivity contribution in [3.63, 3.8) is 0 Å². The van der Waals surface area contributed by atoms with Crippen LogP contribution in [0.3, 0.4) is 0 Å². The zero-order valence-electron chi connectivity index (χ0n) is 14.6. The van der Waals surface area contributed by atoms with Crippen molar-refractivity contribution in [2.45, 2.75) is 39.6 Å². The largest absolute Gasteiger partial charge is 0.416 e. The third kappa shape index (κ3) is 5.41. The van der Waals surface area contributed by atoms with Crippen LogP contribution in [0.15, 0.2) is 36.7 Å². The molecule has 0 radical (unpaired) electrons. The van der Waals surface area contributed by atoms with Gasteiger partial charge in [-0.25, -0.2) is 4.98 Å². The number of hydrogen-bond acceptors (Lipinski definition) is 5. The van der Waals surface area contributed by atoms with E-state index >= 15 is 0 Å². The molecule has 0 saturated carbocycles. The highest BCUT2D eigenvalue weighted by molar-refractivity contribution is 5.45. The molecule has 0 aliphatic rings. The highest BCUT2D eigenvalue weighted by Crippen LogP contribution is 2.29. The lowest BCUT2D eigenvalue weighted by Crippen LogP contribution is -2.08. The standard InChI is InChI=1S/C14H12F3N5.C3H8O/c1-9-6-12(22-13(21-9)19-8-20-22)18-7-10-2-4-11(5-3-10)14(15,16)17;1-3(2)4/h2-6,8,18H,7H2,1H3;3-4H,1-2H3. The van der Waals surface area contributed by atoms with Gasteiger partial charge in [-0.2, -0.15) is 27.8 Å². The van der Waals surface area contributed by atoms with Crippen molar-refractivity contribution in [3.8, 4) is 0 Å². The molecule has 1 aromatic carbocycles. The summed E-state index contributed by atoms with van der Waals surface area (Å²) in [6.45, 7) is 5.65. The molecule has 0 fully saturated rings. The van der Waals surface area contributed by atoms with E-state index in [2.05, 4.69) is 20.4 Å². The number of aromatic nitrogens is 4. The Labute approximate surface area is 148 Å². The first kappa shape index (κ1) is 19.6. The number of alkyl halides is 3. The molecule has 0 spiro atoms. The Morgan fingerprint density at radius 2 is 1.81 bits per heavy atom. The first-order valence-corrected chi connectivity index (χ1v) is 7.92. The van der Waals surface area contributed by atoms with Crippen molar-refractivity contribution in [1.82, 2.24) is 19.6 Å². The van der Waals surface area contributed by atoms with Gasteiger partial charge in [0.1, 0.15) is 12.1 Å². The van der Waals surface area contributed by atoms with E-state index in [9.17, 15) is 13.2 Å². The number of anilines is 1. The summed E-state index contributed by atoms with van der Waals surface area (Å²) in [5, 5.41) is 15.2. The van der Waals surface area contributed by atoms with Crippen molar-refractivity contribution >= 4 is 11.6 Å². The van der Waals surface area contributed by atoms with Gasteiger partial charge in [-0.05, 0) is 38.5 Å². The van der Waals surface area contributed by atoms with Crippen LogP contribution >= 0.6 is 0 Å². The molecule has 3 aromatic rings. The fourth-order valence-electron chi connectivity index (χ4n) is 2.06. The van der Waals surface area contributed by atoms with E-state index in [1.54, 1.807) is 19.9 Å². The molecular formula is C17H20F3N5O. The Morgan fingerprint density at radius 3 is 2.38 bits per heavy atom. The van der Waals surface area contributed by atoms with Crippen LogP contribution in [-0.4, -0.2) is 30.8 Å². The molecule has 0 aliphatic heterocycles. The molecule has 9 heteroatoms. The van der Waals surface area contributed by atoms with Crippen LogP contribution in [0, 0.1) is 6.92 Å². The van der Waals surface area contributed by atoms with Crippen molar-refractivity contribution in [1.29, 1.82) is 0 Å². The number of fused-ring (bicyclic) bond motifs is 1. The molecule has 2 N–H and O–H groups in total. The molecule has 0 bridgehead atoms. The van der Waals surface area contributed by atoms with E-state index in [-0.39, 0.29) is 6.10 Å². The fraction of sp³-hybridized carbons (Fsp3) is 0.353. The van der Waals surface area contributed by atoms with Gasteiger partial charge >= 0.3 is 6.18 Å². The minimum Gasteiger partial charge on any atom is -0.394 e. The number of halogens is 3. The monoisotopic (exact) mass is 367 g/mol. The smallest absolute Gasteiger partial charge is 0.394 e. The number of hydrogen-bond donors (Lipinski definition) is 2. The number of nitrogens with zero attached hydrogens (tertiary/aromatic N) is 4. The van der Waals surface area contributed by atoms with Crippen LogP contribution < -0.4 is 5.32 Å². The molecule has 26 heavy (non-hydrogen) atoms. The molecule has 140 valence electrons. The normalized spacial score (nSPS) is 11.4. The lowest BCUT2D eigenvalue weighted by atomic mass is 10.1. The van der Waals surface area contributed by atoms with Crippen LogP contribution in [0.2, 0.25) is 0 Å². The van der Waals surface area contributed by atoms with Crippen molar-refractivity contribution in [2.24, 2.45) is 0 Å². The zero-order chi connectivity index (χ0) is 19.3. The average molecular weight is 367 g/mol. The van der Waals surface area contributed by atoms with Crippen molar-refractivity contribution in [3.05, 3.63) is 53.5 Å². The fourth-order valence-corrected chi connectivity index (χ4v) is 2.06. The summed E-state index contributed by atoms with van der Waals surface area (Å²) >= 11 is 0. The first-order valence-electron chi connectivity index (χ1n) is 7.92. The van der Waals surface area contributed by atoms with Crippen LogP contribution in [0.4, 0.5) is 19.0 Å². The number of aliphatic hydroxyl groups excluding tert-OH is 1. The molecular weight excluding hydrogens is 347 g/mol. The Hall–Kier alpha value is -2.68. The van der Waals surface area contributed by atoms with Crippen LogP contribution in [0.25, 0.3) is 5.78 Å². The quantitative estimate of drug-likeness (QED) is 0.742. The Morgan fingerprint density at radius 1 is 1.19 bits per heavy atom. The van der Waals surface area contributed by atoms with Gasteiger partial charge < -0.3 is 10.4 Å². The lowest BCUT2D eigenvalue weighted by molar-refractivity contribution is -0.137. The van der Waals surface area contributed by atoms with Crippen LogP contribution in [0.1, 0.15) is 30.7 Å². The SMILES string of the molecule is CC(C)O.Cc1cc(NCc2ccc(C(F)(F)F)cc2)n2ncnc2n1. The third-order valence-electron chi connectivity index (χ3n) is 3.13. The molecule has 0 saturated heterocycles. The highest BCUT2D eigenvalue weighted by atomic mass is 19.4. The highest BCUT2D eigenvalue weighted by Gasteiger charge is 2.29. The molecule has 3 rings (SSSR count). The molecule has 2 aromatic heterocycles. The second-order valence-corrected chi connectivity index (χ2v) is 5.90. The minimum absolute atomic E-state index is 0.167. The van der Waals surface area contributed by atoms with E-state index in [1.165, 1.54) is 23.0 Å². The molecule has 0 atom stereocenters. The number of nitrogens with one attached hydrogen (secondary N) is 1. The summed E-state index contributed by atoms with van der Waals surface area (Å²) < 4.78 is 39.1. The van der Waals surface area contributed by atoms with Gasteiger partial charge in [-0.15, -0.1) is 0 Å². The first-order chi connectivity index (χ1) is 12.2. The van der Waals surface area contributed by atoms with Crippen LogP contribution in [0.5, 0.6) is 0 Å². The summed E-state index contributed by atoms with van der Waals surface area (Å²) in [6.07, 6.45) is -3.09. The van der Waals surface area contributed by atoms with Gasteiger partial charge in [0, 0.05) is 24.4 Å². The second-order valence-electron chi connectivity index (χ2n) is 5.90. The van der Waals surface area contributed by atoms with E-state index in [4.69, 9.17) is 5.11 Å². The van der Waals surface area contributed by atoms with Gasteiger partial charge in [-0.1, -0.05) is 12.1 Å². The van der Waals surface area contributed by atoms with Crippen LogP contribution in [-0.2, 0) is 12.7 Å². The Kier molecular flexibility index (Phi) is 6.14. The molecule has 0 unspecified atom stereocenters. The number of rotatable bonds is 3. The van der Waals surface area contributed by atoms with E-state index in [0.29, 0.717) is 18.1 Å². The molecule has 0 aliphatic carbocycles. The molecule has 2 heterocycles. The predicted molar refractivity (Wildman–Crippen MR) is 91.6 cm³/mol. The minimum atomic E-state index is -4.32. The summed E-state index contributed by atoms with van der Waals surface area (Å²) in [5.41, 5.74) is 0.848. The second kappa shape index (κ2) is 8.13. The van der Waals surface area contributed by atoms with Gasteiger partial charge in [0.15, 0.2) is 0 Å². The average Bonchev–Trinajstić information content (AvgIpc) is 3.00. The summed E-state index contributed by atoms with van der Waals surface area (Å²) in [5.74, 6) is 1.15. The number of aryl methyl sites for hydroxylation is 1. The predicted octanol–water partition coefficient (Wildman–Crippen LogP) is 3.45.